The van der Waals surface area contributed by atoms with Gasteiger partial charge in [-0.1, -0.05) is 31.3 Å². The van der Waals surface area contributed by atoms with Gasteiger partial charge >= 0.3 is 5.76 Å². The monoisotopic (exact) mass is 356 g/mol. The van der Waals surface area contributed by atoms with E-state index in [9.17, 15) is 9.59 Å². The first-order valence-corrected chi connectivity index (χ1v) is 8.94. The maximum Gasteiger partial charge on any atom is 0.417 e. The average Bonchev–Trinajstić information content (AvgIpc) is 3.26. The van der Waals surface area contributed by atoms with Crippen LogP contribution in [0.4, 0.5) is 0 Å². The third-order valence-electron chi connectivity index (χ3n) is 4.39. The molecule has 0 aliphatic heterocycles. The number of nitrogens with zero attached hydrogens (tertiary/aromatic N) is 3. The number of benzene rings is 1. The molecule has 0 aliphatic carbocycles. The summed E-state index contributed by atoms with van der Waals surface area (Å²) < 4.78 is 6.70. The summed E-state index contributed by atoms with van der Waals surface area (Å²) in [7, 11) is 0. The molecule has 0 amide bonds. The number of hydrogen-bond donors (Lipinski definition) is 1. The van der Waals surface area contributed by atoms with Crippen molar-refractivity contribution in [1.29, 1.82) is 0 Å². The second-order valence-corrected chi connectivity index (χ2v) is 6.82. The van der Waals surface area contributed by atoms with Crippen molar-refractivity contribution in [3.8, 4) is 11.3 Å². The van der Waals surface area contributed by atoms with E-state index < -0.39 is 5.76 Å². The first-order chi connectivity index (χ1) is 12.1. The first-order valence-electron chi connectivity index (χ1n) is 8.12. The molecule has 0 saturated carbocycles. The predicted octanol–water partition coefficient (Wildman–Crippen LogP) is 3.61. The predicted molar refractivity (Wildman–Crippen MR) is 95.4 cm³/mol. The average molecular weight is 356 g/mol. The summed E-state index contributed by atoms with van der Waals surface area (Å²) in [4.78, 5) is 30.9. The highest BCUT2D eigenvalue weighted by Crippen LogP contribution is 2.32. The van der Waals surface area contributed by atoms with Crippen molar-refractivity contribution in [2.75, 3.05) is 0 Å². The molecule has 0 unspecified atom stereocenters. The van der Waals surface area contributed by atoms with E-state index in [1.54, 1.807) is 22.7 Å². The van der Waals surface area contributed by atoms with E-state index in [1.165, 1.54) is 11.3 Å². The number of imidazole rings is 1. The van der Waals surface area contributed by atoms with Crippen LogP contribution in [0.3, 0.4) is 0 Å². The molecule has 0 atom stereocenters. The fourth-order valence-electron chi connectivity index (χ4n) is 2.99. The lowest BCUT2D eigenvalue weighted by atomic mass is 10.1. The highest BCUT2D eigenvalue weighted by molar-refractivity contribution is 7.16. The summed E-state index contributed by atoms with van der Waals surface area (Å²) in [5, 5.41) is 5.59. The first kappa shape index (κ1) is 15.8. The number of rotatable bonds is 5. The third-order valence-corrected chi connectivity index (χ3v) is 5.47. The normalized spacial score (nSPS) is 11.8. The highest BCUT2D eigenvalue weighted by atomic mass is 32.1. The Kier molecular flexibility index (Phi) is 3.76. The smallest absolute Gasteiger partial charge is 0.408 e. The number of carbonyl (C=O) groups excluding carboxylic acids is 1. The Bertz CT molecular complexity index is 1130. The lowest BCUT2D eigenvalue weighted by Crippen LogP contribution is -1.99. The number of aromatic nitrogens is 4. The Morgan fingerprint density at radius 1 is 1.36 bits per heavy atom. The summed E-state index contributed by atoms with van der Waals surface area (Å²) in [5.41, 5.74) is 2.69. The van der Waals surface area contributed by atoms with Gasteiger partial charge in [0.2, 0.25) is 4.96 Å². The molecule has 7 nitrogen and oxygen atoms in total. The minimum atomic E-state index is -0.509. The van der Waals surface area contributed by atoms with Crippen LogP contribution in [0.25, 0.3) is 27.3 Å². The van der Waals surface area contributed by atoms with Gasteiger partial charge in [0.15, 0.2) is 11.9 Å². The minimum absolute atomic E-state index is 0.375. The van der Waals surface area contributed by atoms with Crippen molar-refractivity contribution < 1.29 is 9.21 Å². The minimum Gasteiger partial charge on any atom is -0.408 e. The molecule has 1 aromatic carbocycles. The van der Waals surface area contributed by atoms with E-state index in [1.807, 2.05) is 0 Å². The molecule has 0 radical (unpaired) electrons. The Morgan fingerprint density at radius 3 is 2.88 bits per heavy atom. The van der Waals surface area contributed by atoms with Gasteiger partial charge in [-0.3, -0.25) is 9.78 Å². The van der Waals surface area contributed by atoms with Crippen LogP contribution < -0.4 is 5.76 Å². The van der Waals surface area contributed by atoms with Crippen LogP contribution in [0.2, 0.25) is 0 Å². The van der Waals surface area contributed by atoms with Gasteiger partial charge in [-0.15, -0.1) is 0 Å². The molecule has 1 N–H and O–H groups in total. The summed E-state index contributed by atoms with van der Waals surface area (Å²) in [6.45, 7) is 4.26. The topological polar surface area (TPSA) is 93.3 Å². The number of hydrogen-bond acceptors (Lipinski definition) is 6. The molecule has 3 aromatic heterocycles. The van der Waals surface area contributed by atoms with Gasteiger partial charge in [-0.25, -0.2) is 9.78 Å². The third kappa shape index (κ3) is 2.49. The van der Waals surface area contributed by atoms with Crippen molar-refractivity contribution >= 4 is 33.7 Å². The number of fused-ring (bicyclic) bond motifs is 2. The number of carbonyl (C=O) groups is 1. The fourth-order valence-corrected chi connectivity index (χ4v) is 4.16. The number of nitrogens with one attached hydrogen (secondary N) is 1. The largest absolute Gasteiger partial charge is 0.417 e. The SMILES string of the molecule is CCC(CC)c1nn2c(C=O)c(-c3ccc4[nH]c(=O)oc4c3)nc2s1. The zero-order chi connectivity index (χ0) is 17.6. The summed E-state index contributed by atoms with van der Waals surface area (Å²) in [6.07, 6.45) is 2.77. The molecular formula is C17H16N4O3S. The number of H-pyrrole nitrogens is 1. The van der Waals surface area contributed by atoms with Crippen molar-refractivity contribution in [3.63, 3.8) is 0 Å². The molecule has 4 rings (SSSR count). The number of oxazole rings is 1. The van der Waals surface area contributed by atoms with Crippen molar-refractivity contribution in [1.82, 2.24) is 19.6 Å². The Hall–Kier alpha value is -2.74. The summed E-state index contributed by atoms with van der Waals surface area (Å²) >= 11 is 1.51. The van der Waals surface area contributed by atoms with Crippen LogP contribution in [0.15, 0.2) is 27.4 Å². The highest BCUT2D eigenvalue weighted by Gasteiger charge is 2.20. The van der Waals surface area contributed by atoms with Gasteiger partial charge in [0, 0.05) is 11.5 Å². The van der Waals surface area contributed by atoms with E-state index in [2.05, 4.69) is 28.9 Å². The number of aromatic amines is 1. The second-order valence-electron chi connectivity index (χ2n) is 5.84. The van der Waals surface area contributed by atoms with Gasteiger partial charge in [-0.05, 0) is 25.0 Å². The van der Waals surface area contributed by atoms with Crippen molar-refractivity contribution in [3.05, 3.63) is 39.5 Å². The molecule has 25 heavy (non-hydrogen) atoms. The zero-order valence-electron chi connectivity index (χ0n) is 13.8. The van der Waals surface area contributed by atoms with Gasteiger partial charge in [0.05, 0.1) is 5.52 Å². The lowest BCUT2D eigenvalue weighted by molar-refractivity contribution is 0.111. The molecule has 8 heteroatoms. The zero-order valence-corrected chi connectivity index (χ0v) is 14.6. The van der Waals surface area contributed by atoms with E-state index in [-0.39, 0.29) is 0 Å². The Morgan fingerprint density at radius 2 is 2.16 bits per heavy atom. The molecule has 0 aliphatic rings. The molecule has 0 fully saturated rings. The summed E-state index contributed by atoms with van der Waals surface area (Å²) in [5.74, 6) is -0.134. The van der Waals surface area contributed by atoms with Crippen LogP contribution in [0, 0.1) is 0 Å². The van der Waals surface area contributed by atoms with Crippen LogP contribution >= 0.6 is 11.3 Å². The van der Waals surface area contributed by atoms with Gasteiger partial charge < -0.3 is 4.42 Å². The maximum absolute atomic E-state index is 11.7. The molecule has 0 saturated heterocycles. The number of aldehydes is 1. The second kappa shape index (κ2) is 5.96. The van der Waals surface area contributed by atoms with Gasteiger partial charge in [0.1, 0.15) is 16.4 Å². The van der Waals surface area contributed by atoms with E-state index in [4.69, 9.17) is 4.42 Å². The molecule has 128 valence electrons. The molecule has 0 spiro atoms. The molecule has 4 aromatic rings. The Labute approximate surface area is 146 Å². The molecule has 0 bridgehead atoms. The molecular weight excluding hydrogens is 340 g/mol. The van der Waals surface area contributed by atoms with Gasteiger partial charge in [0.25, 0.3) is 0 Å². The van der Waals surface area contributed by atoms with Crippen LogP contribution in [0.5, 0.6) is 0 Å². The lowest BCUT2D eigenvalue weighted by Gasteiger charge is -2.06. The van der Waals surface area contributed by atoms with Crippen LogP contribution in [0.1, 0.15) is 48.1 Å². The van der Waals surface area contributed by atoms with E-state index >= 15 is 0 Å². The summed E-state index contributed by atoms with van der Waals surface area (Å²) in [6, 6.07) is 5.24. The van der Waals surface area contributed by atoms with Crippen molar-refractivity contribution in [2.24, 2.45) is 0 Å². The van der Waals surface area contributed by atoms with Gasteiger partial charge in [-0.2, -0.15) is 9.61 Å². The molecule has 3 heterocycles. The van der Waals surface area contributed by atoms with E-state index in [0.29, 0.717) is 38.9 Å². The standard InChI is InChI=1S/C17H16N4O3S/c1-3-9(4-2)15-20-21-12(8-22)14(19-16(21)25-15)10-5-6-11-13(7-10)24-17(23)18-11/h5-9H,3-4H2,1-2H3,(H,18,23). The Balaban J connectivity index is 1.87. The quantitative estimate of drug-likeness (QED) is 0.551. The van der Waals surface area contributed by atoms with Crippen LogP contribution in [-0.4, -0.2) is 25.9 Å². The van der Waals surface area contributed by atoms with Crippen LogP contribution in [-0.2, 0) is 0 Å². The fraction of sp³-hybridized carbons (Fsp3) is 0.294. The van der Waals surface area contributed by atoms with E-state index in [0.717, 1.165) is 24.1 Å². The van der Waals surface area contributed by atoms with Crippen molar-refractivity contribution in [2.45, 2.75) is 32.6 Å². The maximum atomic E-state index is 11.7.